The lowest BCUT2D eigenvalue weighted by Gasteiger charge is -2.19. The van der Waals surface area contributed by atoms with Gasteiger partial charge in [-0.3, -0.25) is 0 Å². The van der Waals surface area contributed by atoms with Crippen molar-refractivity contribution in [2.24, 2.45) is 0 Å². The number of ether oxygens (including phenoxy) is 1. The molecule has 4 nitrogen and oxygen atoms in total. The van der Waals surface area contributed by atoms with E-state index in [0.29, 0.717) is 11.7 Å². The van der Waals surface area contributed by atoms with Gasteiger partial charge in [-0.25, -0.2) is 0 Å². The predicted octanol–water partition coefficient (Wildman–Crippen LogP) is 4.12. The zero-order valence-corrected chi connectivity index (χ0v) is 13.0. The van der Waals surface area contributed by atoms with E-state index in [1.54, 1.807) is 19.2 Å². The Morgan fingerprint density at radius 2 is 2.10 bits per heavy atom. The van der Waals surface area contributed by atoms with Gasteiger partial charge in [0.15, 0.2) is 0 Å². The summed E-state index contributed by atoms with van der Waals surface area (Å²) in [5.41, 5.74) is 0.857. The Kier molecular flexibility index (Phi) is 4.84. The third kappa shape index (κ3) is 3.42. The molecule has 2 rings (SSSR count). The smallest absolute Gasteiger partial charge is 0.216 e. The molecule has 0 aliphatic carbocycles. The summed E-state index contributed by atoms with van der Waals surface area (Å²) in [6.07, 6.45) is 0.827. The Bertz CT molecular complexity index is 590. The van der Waals surface area contributed by atoms with Crippen molar-refractivity contribution in [2.75, 3.05) is 12.4 Å². The summed E-state index contributed by atoms with van der Waals surface area (Å²) < 4.78 is 6.04. The van der Waals surface area contributed by atoms with Crippen molar-refractivity contribution < 1.29 is 9.84 Å². The highest BCUT2D eigenvalue weighted by molar-refractivity contribution is 9.10. The van der Waals surface area contributed by atoms with Crippen LogP contribution in [-0.4, -0.2) is 17.2 Å². The molecule has 5 heteroatoms. The molecule has 0 fully saturated rings. The highest BCUT2D eigenvalue weighted by Crippen LogP contribution is 2.30. The van der Waals surface area contributed by atoms with Crippen molar-refractivity contribution in [3.05, 3.63) is 46.4 Å². The number of nitrogens with zero attached hydrogens (tertiary/aromatic N) is 1. The number of methoxy groups -OCH3 is 1. The summed E-state index contributed by atoms with van der Waals surface area (Å²) in [7, 11) is 1.58. The van der Waals surface area contributed by atoms with Gasteiger partial charge in [-0.1, -0.05) is 41.1 Å². The maximum absolute atomic E-state index is 9.95. The number of phenolic OH excluding ortho intramolecular Hbond substituents is 1. The Morgan fingerprint density at radius 1 is 1.35 bits per heavy atom. The zero-order chi connectivity index (χ0) is 14.5. The summed E-state index contributed by atoms with van der Waals surface area (Å²) >= 11 is 3.43. The predicted molar refractivity (Wildman–Crippen MR) is 83.3 cm³/mol. The molecule has 1 heterocycles. The quantitative estimate of drug-likeness (QED) is 0.862. The number of pyridine rings is 1. The number of halogens is 1. The van der Waals surface area contributed by atoms with Gasteiger partial charge in [0, 0.05) is 16.1 Å². The number of nitrogens with one attached hydrogen (secondary N) is 1. The first-order valence-corrected chi connectivity index (χ1v) is 7.19. The van der Waals surface area contributed by atoms with E-state index in [4.69, 9.17) is 4.74 Å². The minimum absolute atomic E-state index is 0.0114. The first kappa shape index (κ1) is 14.7. The first-order valence-electron chi connectivity index (χ1n) is 6.40. The second-order valence-electron chi connectivity index (χ2n) is 4.38. The van der Waals surface area contributed by atoms with Gasteiger partial charge in [0.25, 0.3) is 0 Å². The van der Waals surface area contributed by atoms with E-state index in [-0.39, 0.29) is 11.8 Å². The Balaban J connectivity index is 2.27. The molecular formula is C15H17BrN2O2. The van der Waals surface area contributed by atoms with Crippen LogP contribution in [0.15, 0.2) is 40.9 Å². The fourth-order valence-electron chi connectivity index (χ4n) is 2.01. The minimum Gasteiger partial charge on any atom is -0.508 e. The van der Waals surface area contributed by atoms with E-state index in [0.717, 1.165) is 16.5 Å². The van der Waals surface area contributed by atoms with E-state index in [1.807, 2.05) is 24.3 Å². The van der Waals surface area contributed by atoms with Crippen LogP contribution in [0.5, 0.6) is 11.6 Å². The van der Waals surface area contributed by atoms with Gasteiger partial charge >= 0.3 is 0 Å². The van der Waals surface area contributed by atoms with Crippen molar-refractivity contribution in [1.82, 2.24) is 4.98 Å². The third-order valence-electron chi connectivity index (χ3n) is 3.02. The molecule has 1 atom stereocenters. The van der Waals surface area contributed by atoms with Crippen LogP contribution in [0.3, 0.4) is 0 Å². The maximum Gasteiger partial charge on any atom is 0.216 e. The number of aromatic hydroxyl groups is 1. The molecule has 0 aliphatic heterocycles. The Labute approximate surface area is 126 Å². The summed E-state index contributed by atoms with van der Waals surface area (Å²) in [4.78, 5) is 4.35. The van der Waals surface area contributed by atoms with Crippen LogP contribution in [-0.2, 0) is 0 Å². The summed E-state index contributed by atoms with van der Waals surface area (Å²) in [5.74, 6) is 1.52. The highest BCUT2D eigenvalue weighted by atomic mass is 79.9. The van der Waals surface area contributed by atoms with Crippen molar-refractivity contribution in [3.63, 3.8) is 0 Å². The normalized spacial score (nSPS) is 11.9. The first-order chi connectivity index (χ1) is 9.63. The monoisotopic (exact) mass is 336 g/mol. The summed E-state index contributed by atoms with van der Waals surface area (Å²) in [6, 6.07) is 11.0. The standard InChI is InChI=1S/C15H17BrN2O2/c1-3-12(11-6-4-5-7-13(11)19)17-14-8-10(16)9-15(18-14)20-2/h4-9,12,19H,3H2,1-2H3,(H,17,18). The number of aromatic nitrogens is 1. The lowest BCUT2D eigenvalue weighted by molar-refractivity contribution is 0.398. The third-order valence-corrected chi connectivity index (χ3v) is 3.48. The number of hydrogen-bond donors (Lipinski definition) is 2. The van der Waals surface area contributed by atoms with Gasteiger partial charge in [0.1, 0.15) is 11.6 Å². The van der Waals surface area contributed by atoms with Crippen LogP contribution >= 0.6 is 15.9 Å². The minimum atomic E-state index is -0.0114. The number of benzene rings is 1. The SMILES string of the molecule is CCC(Nc1cc(Br)cc(OC)n1)c1ccccc1O. The van der Waals surface area contributed by atoms with Crippen molar-refractivity contribution >= 4 is 21.7 Å². The molecule has 20 heavy (non-hydrogen) atoms. The van der Waals surface area contributed by atoms with Gasteiger partial charge < -0.3 is 15.2 Å². The van der Waals surface area contributed by atoms with Crippen molar-refractivity contribution in [2.45, 2.75) is 19.4 Å². The van der Waals surface area contributed by atoms with Crippen molar-refractivity contribution in [3.8, 4) is 11.6 Å². The van der Waals surface area contributed by atoms with E-state index in [2.05, 4.69) is 33.2 Å². The largest absolute Gasteiger partial charge is 0.508 e. The maximum atomic E-state index is 9.95. The molecule has 0 amide bonds. The second-order valence-corrected chi connectivity index (χ2v) is 5.29. The molecule has 1 aromatic carbocycles. The number of rotatable bonds is 5. The van der Waals surface area contributed by atoms with Gasteiger partial charge in [-0.05, 0) is 18.6 Å². The second kappa shape index (κ2) is 6.61. The average molecular weight is 337 g/mol. The van der Waals surface area contributed by atoms with Crippen LogP contribution in [0.2, 0.25) is 0 Å². The molecule has 0 saturated heterocycles. The van der Waals surface area contributed by atoms with Gasteiger partial charge in [-0.15, -0.1) is 0 Å². The fraction of sp³-hybridized carbons (Fsp3) is 0.267. The van der Waals surface area contributed by atoms with E-state index < -0.39 is 0 Å². The van der Waals surface area contributed by atoms with Crippen LogP contribution in [0.4, 0.5) is 5.82 Å². The highest BCUT2D eigenvalue weighted by Gasteiger charge is 2.14. The number of hydrogen-bond acceptors (Lipinski definition) is 4. The van der Waals surface area contributed by atoms with Gasteiger partial charge in [0.05, 0.1) is 13.2 Å². The van der Waals surface area contributed by atoms with Crippen LogP contribution < -0.4 is 10.1 Å². The molecular weight excluding hydrogens is 320 g/mol. The van der Waals surface area contributed by atoms with Crippen LogP contribution in [0, 0.1) is 0 Å². The Morgan fingerprint density at radius 3 is 2.75 bits per heavy atom. The molecule has 1 aromatic heterocycles. The van der Waals surface area contributed by atoms with E-state index in [1.165, 1.54) is 0 Å². The number of anilines is 1. The lowest BCUT2D eigenvalue weighted by Crippen LogP contribution is -2.11. The lowest BCUT2D eigenvalue weighted by atomic mass is 10.0. The molecule has 0 aliphatic rings. The van der Waals surface area contributed by atoms with Gasteiger partial charge in [0.2, 0.25) is 5.88 Å². The molecule has 0 saturated carbocycles. The molecule has 0 radical (unpaired) electrons. The molecule has 0 bridgehead atoms. The molecule has 106 valence electrons. The van der Waals surface area contributed by atoms with E-state index in [9.17, 15) is 5.11 Å². The van der Waals surface area contributed by atoms with Crippen LogP contribution in [0.25, 0.3) is 0 Å². The number of para-hydroxylation sites is 1. The summed E-state index contributed by atoms with van der Waals surface area (Å²) in [6.45, 7) is 2.05. The van der Waals surface area contributed by atoms with Gasteiger partial charge in [-0.2, -0.15) is 4.98 Å². The number of phenols is 1. The zero-order valence-electron chi connectivity index (χ0n) is 11.4. The van der Waals surface area contributed by atoms with E-state index >= 15 is 0 Å². The Hall–Kier alpha value is -1.75. The molecule has 0 spiro atoms. The molecule has 2 aromatic rings. The molecule has 2 N–H and O–H groups in total. The average Bonchev–Trinajstić information content (AvgIpc) is 2.45. The fourth-order valence-corrected chi connectivity index (χ4v) is 2.43. The molecule has 1 unspecified atom stereocenters. The van der Waals surface area contributed by atoms with Crippen LogP contribution in [0.1, 0.15) is 24.9 Å². The topological polar surface area (TPSA) is 54.4 Å². The van der Waals surface area contributed by atoms with Crippen molar-refractivity contribution in [1.29, 1.82) is 0 Å². The summed E-state index contributed by atoms with van der Waals surface area (Å²) in [5, 5.41) is 13.3.